The van der Waals surface area contributed by atoms with Gasteiger partial charge in [-0.05, 0) is 13.0 Å². The van der Waals surface area contributed by atoms with Crippen LogP contribution in [0.2, 0.25) is 4.34 Å². The van der Waals surface area contributed by atoms with Crippen molar-refractivity contribution in [2.24, 2.45) is 0 Å². The number of hydrogen-bond donors (Lipinski definition) is 1. The van der Waals surface area contributed by atoms with Crippen molar-refractivity contribution < 1.29 is 4.74 Å². The summed E-state index contributed by atoms with van der Waals surface area (Å²) in [4.78, 5) is 4.16. The Bertz CT molecular complexity index is 325. The van der Waals surface area contributed by atoms with E-state index >= 15 is 0 Å². The zero-order chi connectivity index (χ0) is 11.1. The fourth-order valence-corrected chi connectivity index (χ4v) is 2.01. The first kappa shape index (κ1) is 12.6. The molecule has 0 aromatic carbocycles. The molecule has 0 fully saturated rings. The fraction of sp³-hybridized carbons (Fsp3) is 0.500. The molecule has 0 radical (unpaired) electrons. The molecule has 0 aliphatic carbocycles. The monoisotopic (exact) mass is 246 g/mol. The molecule has 0 unspecified atom stereocenters. The van der Waals surface area contributed by atoms with Gasteiger partial charge >= 0.3 is 0 Å². The highest BCUT2D eigenvalue weighted by molar-refractivity contribution is 7.16. The molecule has 0 aliphatic heterocycles. The predicted molar refractivity (Wildman–Crippen MR) is 65.5 cm³/mol. The Morgan fingerprint density at radius 1 is 1.73 bits per heavy atom. The van der Waals surface area contributed by atoms with E-state index in [0.29, 0.717) is 0 Å². The molecular formula is C10H15ClN2OS. The van der Waals surface area contributed by atoms with Gasteiger partial charge in [-0.2, -0.15) is 0 Å². The molecule has 0 atom stereocenters. The Hall–Kier alpha value is -0.420. The molecule has 0 aliphatic rings. The van der Waals surface area contributed by atoms with Crippen LogP contribution in [-0.2, 0) is 4.74 Å². The maximum Gasteiger partial charge on any atom is 0.117 e. The molecule has 0 bridgehead atoms. The van der Waals surface area contributed by atoms with E-state index in [9.17, 15) is 0 Å². The van der Waals surface area contributed by atoms with Crippen molar-refractivity contribution in [3.8, 4) is 0 Å². The molecule has 0 saturated carbocycles. The average Bonchev–Trinajstić information content (AvgIpc) is 2.59. The highest BCUT2D eigenvalue weighted by atomic mass is 35.5. The van der Waals surface area contributed by atoms with E-state index in [-0.39, 0.29) is 0 Å². The standard InChI is InChI=1S/C10H15ClN2OS/c1-8(6-12-3-4-14-2)5-10-13-7-9(11)15-10/h5,7,12H,3-4,6H2,1-2H3/b8-5+. The maximum absolute atomic E-state index is 5.78. The number of rotatable bonds is 6. The van der Waals surface area contributed by atoms with E-state index in [1.54, 1.807) is 13.3 Å². The SMILES string of the molecule is COCCNC/C(C)=C/c1ncc(Cl)s1. The van der Waals surface area contributed by atoms with Crippen LogP contribution in [0.5, 0.6) is 0 Å². The normalized spacial score (nSPS) is 12.1. The first-order valence-corrected chi connectivity index (χ1v) is 5.90. The van der Waals surface area contributed by atoms with Crippen LogP contribution < -0.4 is 5.32 Å². The number of aromatic nitrogens is 1. The quantitative estimate of drug-likeness (QED) is 0.783. The predicted octanol–water partition coefficient (Wildman–Crippen LogP) is 2.44. The summed E-state index contributed by atoms with van der Waals surface area (Å²) in [6, 6.07) is 0. The Morgan fingerprint density at radius 3 is 3.13 bits per heavy atom. The molecule has 0 amide bonds. The van der Waals surface area contributed by atoms with Gasteiger partial charge in [0.25, 0.3) is 0 Å². The number of halogens is 1. The highest BCUT2D eigenvalue weighted by Gasteiger charge is 1.97. The first-order valence-electron chi connectivity index (χ1n) is 4.70. The molecule has 1 N–H and O–H groups in total. The summed E-state index contributed by atoms with van der Waals surface area (Å²) in [7, 11) is 1.70. The fourth-order valence-electron chi connectivity index (χ4n) is 1.06. The van der Waals surface area contributed by atoms with Crippen LogP contribution in [0, 0.1) is 0 Å². The van der Waals surface area contributed by atoms with Gasteiger partial charge in [0.15, 0.2) is 0 Å². The average molecular weight is 247 g/mol. The second-order valence-electron chi connectivity index (χ2n) is 3.16. The van der Waals surface area contributed by atoms with Crippen LogP contribution in [0.1, 0.15) is 11.9 Å². The van der Waals surface area contributed by atoms with Gasteiger partial charge in [-0.15, -0.1) is 11.3 Å². The lowest BCUT2D eigenvalue weighted by molar-refractivity contribution is 0.200. The number of nitrogens with zero attached hydrogens (tertiary/aromatic N) is 1. The highest BCUT2D eigenvalue weighted by Crippen LogP contribution is 2.20. The zero-order valence-electron chi connectivity index (χ0n) is 8.92. The van der Waals surface area contributed by atoms with Gasteiger partial charge in [0, 0.05) is 20.2 Å². The van der Waals surface area contributed by atoms with E-state index in [4.69, 9.17) is 16.3 Å². The number of hydrogen-bond acceptors (Lipinski definition) is 4. The third-order valence-electron chi connectivity index (χ3n) is 1.75. The minimum Gasteiger partial charge on any atom is -0.383 e. The molecule has 1 aromatic rings. The van der Waals surface area contributed by atoms with E-state index in [1.165, 1.54) is 16.9 Å². The third kappa shape index (κ3) is 5.28. The van der Waals surface area contributed by atoms with E-state index in [0.717, 1.165) is 29.0 Å². The first-order chi connectivity index (χ1) is 7.22. The van der Waals surface area contributed by atoms with Crippen LogP contribution in [0.15, 0.2) is 11.8 Å². The van der Waals surface area contributed by atoms with E-state index < -0.39 is 0 Å². The maximum atomic E-state index is 5.78. The molecule has 15 heavy (non-hydrogen) atoms. The molecule has 0 spiro atoms. The summed E-state index contributed by atoms with van der Waals surface area (Å²) in [6.45, 7) is 4.51. The third-order valence-corrected chi connectivity index (χ3v) is 2.81. The lowest BCUT2D eigenvalue weighted by Crippen LogP contribution is -2.20. The molecule has 3 nitrogen and oxygen atoms in total. The van der Waals surface area contributed by atoms with Crippen LogP contribution in [0.3, 0.4) is 0 Å². The van der Waals surface area contributed by atoms with Crippen molar-refractivity contribution in [3.63, 3.8) is 0 Å². The van der Waals surface area contributed by atoms with Crippen LogP contribution >= 0.6 is 22.9 Å². The van der Waals surface area contributed by atoms with Gasteiger partial charge in [-0.3, -0.25) is 0 Å². The zero-order valence-corrected chi connectivity index (χ0v) is 10.5. The molecule has 1 rings (SSSR count). The van der Waals surface area contributed by atoms with Crippen molar-refractivity contribution in [2.75, 3.05) is 26.8 Å². The van der Waals surface area contributed by atoms with Crippen molar-refractivity contribution in [3.05, 3.63) is 21.1 Å². The Balaban J connectivity index is 2.33. The topological polar surface area (TPSA) is 34.1 Å². The second kappa shape index (κ2) is 6.95. The lowest BCUT2D eigenvalue weighted by atomic mass is 10.3. The van der Waals surface area contributed by atoms with Crippen molar-refractivity contribution in [1.82, 2.24) is 10.3 Å². The van der Waals surface area contributed by atoms with Crippen LogP contribution in [0.25, 0.3) is 6.08 Å². The van der Waals surface area contributed by atoms with Crippen molar-refractivity contribution >= 4 is 29.0 Å². The molecule has 5 heteroatoms. The Labute approximate surface area is 99.1 Å². The molecule has 0 saturated heterocycles. The molecule has 1 aromatic heterocycles. The number of nitrogens with one attached hydrogen (secondary N) is 1. The van der Waals surface area contributed by atoms with Gasteiger partial charge in [0.05, 0.1) is 12.8 Å². The van der Waals surface area contributed by atoms with Gasteiger partial charge in [0.1, 0.15) is 9.34 Å². The van der Waals surface area contributed by atoms with Crippen molar-refractivity contribution in [2.45, 2.75) is 6.92 Å². The summed E-state index contributed by atoms with van der Waals surface area (Å²) < 4.78 is 5.66. The molecule has 1 heterocycles. The largest absolute Gasteiger partial charge is 0.383 e. The summed E-state index contributed by atoms with van der Waals surface area (Å²) in [6.07, 6.45) is 3.71. The molecular weight excluding hydrogens is 232 g/mol. The number of thiazole rings is 1. The van der Waals surface area contributed by atoms with Gasteiger partial charge in [0.2, 0.25) is 0 Å². The summed E-state index contributed by atoms with van der Waals surface area (Å²) in [5.74, 6) is 0. The van der Waals surface area contributed by atoms with Gasteiger partial charge < -0.3 is 10.1 Å². The number of methoxy groups -OCH3 is 1. The Morgan fingerprint density at radius 2 is 2.53 bits per heavy atom. The van der Waals surface area contributed by atoms with Gasteiger partial charge in [-0.1, -0.05) is 17.2 Å². The van der Waals surface area contributed by atoms with E-state index in [2.05, 4.69) is 17.2 Å². The Kier molecular flexibility index (Phi) is 5.86. The smallest absolute Gasteiger partial charge is 0.117 e. The van der Waals surface area contributed by atoms with Crippen LogP contribution in [0.4, 0.5) is 0 Å². The summed E-state index contributed by atoms with van der Waals surface area (Å²) >= 11 is 7.27. The van der Waals surface area contributed by atoms with E-state index in [1.807, 2.05) is 6.08 Å². The lowest BCUT2D eigenvalue weighted by Gasteiger charge is -2.03. The van der Waals surface area contributed by atoms with Gasteiger partial charge in [-0.25, -0.2) is 4.98 Å². The second-order valence-corrected chi connectivity index (χ2v) is 4.86. The summed E-state index contributed by atoms with van der Waals surface area (Å²) in [5.41, 5.74) is 1.23. The minimum absolute atomic E-state index is 0.724. The number of ether oxygens (including phenoxy) is 1. The van der Waals surface area contributed by atoms with Crippen LogP contribution in [-0.4, -0.2) is 31.8 Å². The molecule has 84 valence electrons. The summed E-state index contributed by atoms with van der Waals surface area (Å²) in [5, 5.41) is 4.21. The minimum atomic E-state index is 0.724. The van der Waals surface area contributed by atoms with Crippen molar-refractivity contribution in [1.29, 1.82) is 0 Å².